The maximum atomic E-state index is 2.34. The van der Waals surface area contributed by atoms with Gasteiger partial charge in [-0.1, -0.05) is 17.7 Å². The zero-order chi connectivity index (χ0) is 9.59. The minimum Gasteiger partial charge on any atom is -0.0683 e. The molecule has 0 saturated heterocycles. The van der Waals surface area contributed by atoms with Gasteiger partial charge in [-0.2, -0.15) is 0 Å². The molecule has 68 valence electrons. The predicted octanol–water partition coefficient (Wildman–Crippen LogP) is 3.57. The Morgan fingerprint density at radius 1 is 1.00 bits per heavy atom. The Kier molecular flexibility index (Phi) is 1.80. The molecule has 1 aromatic carbocycles. The lowest BCUT2D eigenvalue weighted by Crippen LogP contribution is -1.94. The van der Waals surface area contributed by atoms with Crippen molar-refractivity contribution in [2.75, 3.05) is 0 Å². The van der Waals surface area contributed by atoms with E-state index < -0.39 is 0 Å². The number of allylic oxidation sites excluding steroid dienone is 1. The van der Waals surface area contributed by atoms with Crippen LogP contribution in [0.2, 0.25) is 0 Å². The summed E-state index contributed by atoms with van der Waals surface area (Å²) in [6, 6.07) is 2.31. The number of rotatable bonds is 0. The maximum Gasteiger partial charge on any atom is -0.00579 e. The van der Waals surface area contributed by atoms with Crippen molar-refractivity contribution in [1.29, 1.82) is 0 Å². The lowest BCUT2D eigenvalue weighted by Gasteiger charge is -2.10. The van der Waals surface area contributed by atoms with Crippen molar-refractivity contribution in [3.8, 4) is 0 Å². The molecule has 0 atom stereocenters. The van der Waals surface area contributed by atoms with Gasteiger partial charge in [0.1, 0.15) is 0 Å². The molecule has 0 aromatic heterocycles. The van der Waals surface area contributed by atoms with Crippen molar-refractivity contribution in [2.24, 2.45) is 0 Å². The van der Waals surface area contributed by atoms with Crippen molar-refractivity contribution in [3.05, 3.63) is 39.5 Å². The topological polar surface area (TPSA) is 0 Å². The second-order valence-corrected chi connectivity index (χ2v) is 4.20. The summed E-state index contributed by atoms with van der Waals surface area (Å²) in [6.07, 6.45) is 3.49. The van der Waals surface area contributed by atoms with Crippen molar-refractivity contribution >= 4 is 6.08 Å². The van der Waals surface area contributed by atoms with Crippen LogP contribution in [0, 0.1) is 20.8 Å². The molecule has 0 radical (unpaired) electrons. The molecule has 1 aliphatic carbocycles. The minimum atomic E-state index is 1.16. The van der Waals surface area contributed by atoms with Gasteiger partial charge in [0.2, 0.25) is 0 Å². The van der Waals surface area contributed by atoms with Gasteiger partial charge in [0.25, 0.3) is 0 Å². The van der Waals surface area contributed by atoms with E-state index in [1.165, 1.54) is 27.8 Å². The molecule has 0 heteroatoms. The Morgan fingerprint density at radius 3 is 2.38 bits per heavy atom. The highest BCUT2D eigenvalue weighted by molar-refractivity contribution is 5.69. The number of fused-ring (bicyclic) bond motifs is 1. The van der Waals surface area contributed by atoms with Gasteiger partial charge in [-0.3, -0.25) is 0 Å². The van der Waals surface area contributed by atoms with E-state index in [0.717, 1.165) is 6.42 Å². The van der Waals surface area contributed by atoms with Crippen LogP contribution in [0.4, 0.5) is 0 Å². The van der Waals surface area contributed by atoms with Gasteiger partial charge in [0, 0.05) is 0 Å². The minimum absolute atomic E-state index is 1.16. The van der Waals surface area contributed by atoms with Gasteiger partial charge in [-0.25, -0.2) is 0 Å². The number of hydrogen-bond donors (Lipinski definition) is 0. The molecule has 0 nitrogen and oxygen atoms in total. The Morgan fingerprint density at radius 2 is 1.69 bits per heavy atom. The summed E-state index contributed by atoms with van der Waals surface area (Å²) in [5.41, 5.74) is 8.84. The summed E-state index contributed by atoms with van der Waals surface area (Å²) in [4.78, 5) is 0. The van der Waals surface area contributed by atoms with E-state index in [1.807, 2.05) is 0 Å². The van der Waals surface area contributed by atoms with Crippen LogP contribution < -0.4 is 0 Å². The highest BCUT2D eigenvalue weighted by atomic mass is 14.2. The molecule has 2 rings (SSSR count). The number of benzene rings is 1. The Labute approximate surface area is 80.3 Å². The first-order chi connectivity index (χ1) is 6.09. The normalized spacial score (nSPS) is 14.3. The molecular formula is C13H16. The van der Waals surface area contributed by atoms with Crippen LogP contribution in [0.25, 0.3) is 6.08 Å². The van der Waals surface area contributed by atoms with Crippen molar-refractivity contribution in [2.45, 2.75) is 34.1 Å². The van der Waals surface area contributed by atoms with Crippen molar-refractivity contribution < 1.29 is 0 Å². The van der Waals surface area contributed by atoms with Crippen LogP contribution in [0.5, 0.6) is 0 Å². The summed E-state index contributed by atoms with van der Waals surface area (Å²) in [7, 11) is 0. The highest BCUT2D eigenvalue weighted by Crippen LogP contribution is 2.31. The number of aryl methyl sites for hydroxylation is 2. The third-order valence-electron chi connectivity index (χ3n) is 3.08. The van der Waals surface area contributed by atoms with Gasteiger partial charge in [0.05, 0.1) is 0 Å². The Bertz CT molecular complexity index is 395. The average Bonchev–Trinajstić information content (AvgIpc) is 2.44. The predicted molar refractivity (Wildman–Crippen MR) is 58.0 cm³/mol. The summed E-state index contributed by atoms with van der Waals surface area (Å²) >= 11 is 0. The van der Waals surface area contributed by atoms with Crippen LogP contribution in [-0.4, -0.2) is 0 Å². The molecule has 0 N–H and O–H groups in total. The van der Waals surface area contributed by atoms with Crippen LogP contribution in [0.3, 0.4) is 0 Å². The lowest BCUT2D eigenvalue weighted by atomic mass is 9.95. The molecule has 1 aromatic rings. The quantitative estimate of drug-likeness (QED) is 0.561. The van der Waals surface area contributed by atoms with Crippen LogP contribution in [0.15, 0.2) is 11.6 Å². The smallest absolute Gasteiger partial charge is 0.00579 e. The molecule has 1 aliphatic rings. The Hall–Kier alpha value is -1.04. The second-order valence-electron chi connectivity index (χ2n) is 4.20. The van der Waals surface area contributed by atoms with Gasteiger partial charge in [-0.15, -0.1) is 0 Å². The average molecular weight is 172 g/mol. The van der Waals surface area contributed by atoms with Crippen molar-refractivity contribution in [1.82, 2.24) is 0 Å². The molecule has 0 spiro atoms. The zero-order valence-electron chi connectivity index (χ0n) is 8.86. The molecule has 0 unspecified atom stereocenters. The standard InChI is InChI=1S/C13H16/c1-8-5-12-10(3)7-9(2)11(4)13(12)6-8/h6-7H,5H2,1-4H3. The van der Waals surface area contributed by atoms with Crippen LogP contribution in [-0.2, 0) is 6.42 Å². The van der Waals surface area contributed by atoms with Crippen LogP contribution in [0.1, 0.15) is 34.7 Å². The Balaban J connectivity index is 2.71. The van der Waals surface area contributed by atoms with E-state index in [2.05, 4.69) is 39.8 Å². The van der Waals surface area contributed by atoms with E-state index in [0.29, 0.717) is 0 Å². The largest absolute Gasteiger partial charge is 0.0683 e. The summed E-state index contributed by atoms with van der Waals surface area (Å²) in [5, 5.41) is 0. The van der Waals surface area contributed by atoms with Gasteiger partial charge < -0.3 is 0 Å². The SMILES string of the molecule is CC1=Cc2c(C)c(C)cc(C)c2C1. The first-order valence-electron chi connectivity index (χ1n) is 4.86. The van der Waals surface area contributed by atoms with Crippen molar-refractivity contribution in [3.63, 3.8) is 0 Å². The fourth-order valence-electron chi connectivity index (χ4n) is 2.18. The summed E-state index contributed by atoms with van der Waals surface area (Å²) in [5.74, 6) is 0. The molecule has 0 heterocycles. The molecule has 0 amide bonds. The zero-order valence-corrected chi connectivity index (χ0v) is 8.86. The molecule has 0 fully saturated rings. The first kappa shape index (κ1) is 8.55. The highest BCUT2D eigenvalue weighted by Gasteiger charge is 2.15. The van der Waals surface area contributed by atoms with E-state index in [1.54, 1.807) is 5.56 Å². The molecule has 0 saturated carbocycles. The molecule has 13 heavy (non-hydrogen) atoms. The first-order valence-corrected chi connectivity index (χ1v) is 4.86. The molecule has 0 bridgehead atoms. The number of hydrogen-bond acceptors (Lipinski definition) is 0. The van der Waals surface area contributed by atoms with Gasteiger partial charge in [-0.05, 0) is 61.9 Å². The van der Waals surface area contributed by atoms with E-state index >= 15 is 0 Å². The summed E-state index contributed by atoms with van der Waals surface area (Å²) < 4.78 is 0. The third-order valence-corrected chi connectivity index (χ3v) is 3.08. The third kappa shape index (κ3) is 1.21. The fourth-order valence-corrected chi connectivity index (χ4v) is 2.18. The monoisotopic (exact) mass is 172 g/mol. The van der Waals surface area contributed by atoms with E-state index in [-0.39, 0.29) is 0 Å². The van der Waals surface area contributed by atoms with Gasteiger partial charge in [0.15, 0.2) is 0 Å². The van der Waals surface area contributed by atoms with E-state index in [4.69, 9.17) is 0 Å². The van der Waals surface area contributed by atoms with E-state index in [9.17, 15) is 0 Å². The van der Waals surface area contributed by atoms with Gasteiger partial charge >= 0.3 is 0 Å². The lowest BCUT2D eigenvalue weighted by molar-refractivity contribution is 1.14. The molecule has 0 aliphatic heterocycles. The molecular weight excluding hydrogens is 156 g/mol. The second kappa shape index (κ2) is 2.73. The fraction of sp³-hybridized carbons (Fsp3) is 0.385. The summed E-state index contributed by atoms with van der Waals surface area (Å²) in [6.45, 7) is 8.86. The van der Waals surface area contributed by atoms with Crippen LogP contribution >= 0.6 is 0 Å². The maximum absolute atomic E-state index is 2.34.